The highest BCUT2D eigenvalue weighted by atomic mass is 35.5. The molecule has 8 heteroatoms. The minimum absolute atomic E-state index is 0.0649. The molecular weight excluding hydrogens is 436 g/mol. The number of carboxylic acids is 1. The molecule has 1 atom stereocenters. The summed E-state index contributed by atoms with van der Waals surface area (Å²) < 4.78 is 5.79. The van der Waals surface area contributed by atoms with Crippen LogP contribution in [0.15, 0.2) is 52.4 Å². The first-order chi connectivity index (χ1) is 14.8. The van der Waals surface area contributed by atoms with E-state index in [-0.39, 0.29) is 17.6 Å². The lowest BCUT2D eigenvalue weighted by Gasteiger charge is -2.14. The summed E-state index contributed by atoms with van der Waals surface area (Å²) in [4.78, 5) is 30.5. The Balaban J connectivity index is 1.84. The lowest BCUT2D eigenvalue weighted by atomic mass is 10.2. The van der Waals surface area contributed by atoms with E-state index in [0.717, 1.165) is 12.0 Å². The van der Waals surface area contributed by atoms with E-state index in [1.165, 1.54) is 23.9 Å². The van der Waals surface area contributed by atoms with Crippen LogP contribution in [0.1, 0.15) is 43.1 Å². The number of rotatable bonds is 7. The maximum absolute atomic E-state index is 12.8. The van der Waals surface area contributed by atoms with Gasteiger partial charge in [0.1, 0.15) is 5.75 Å². The molecule has 3 rings (SSSR count). The van der Waals surface area contributed by atoms with Crippen molar-refractivity contribution in [1.29, 1.82) is 0 Å². The molecule has 2 aromatic carbocycles. The monoisotopic (exact) mass is 458 g/mol. The average molecular weight is 459 g/mol. The summed E-state index contributed by atoms with van der Waals surface area (Å²) in [6.45, 7) is 6.37. The van der Waals surface area contributed by atoms with Gasteiger partial charge in [-0.3, -0.25) is 9.69 Å². The van der Waals surface area contributed by atoms with Gasteiger partial charge in [-0.15, -0.1) is 0 Å². The number of aliphatic imine (C=N–C) groups is 1. The molecule has 1 fully saturated rings. The second-order valence-electron chi connectivity index (χ2n) is 6.93. The number of nitrogens with zero attached hydrogens (tertiary/aromatic N) is 2. The fraction of sp³-hybridized carbons (Fsp3) is 0.261. The van der Waals surface area contributed by atoms with Crippen molar-refractivity contribution in [2.45, 2.75) is 33.3 Å². The SMILES string of the molecule is CC[C@@H](C)Oc1ccc(/C=C2\SC(=Nc3ccc(C(=O)O)cc3)N(CC)C2=O)cc1Cl. The van der Waals surface area contributed by atoms with Gasteiger partial charge in [0.25, 0.3) is 5.91 Å². The van der Waals surface area contributed by atoms with Crippen LogP contribution in [0.3, 0.4) is 0 Å². The van der Waals surface area contributed by atoms with Gasteiger partial charge in [-0.25, -0.2) is 9.79 Å². The van der Waals surface area contributed by atoms with E-state index in [9.17, 15) is 9.59 Å². The fourth-order valence-corrected chi connectivity index (χ4v) is 4.11. The Morgan fingerprint density at radius 1 is 1.26 bits per heavy atom. The van der Waals surface area contributed by atoms with Gasteiger partial charge >= 0.3 is 5.97 Å². The molecule has 1 aliphatic rings. The summed E-state index contributed by atoms with van der Waals surface area (Å²) >= 11 is 7.63. The lowest BCUT2D eigenvalue weighted by Crippen LogP contribution is -2.28. The number of amidine groups is 1. The Bertz CT molecular complexity index is 1050. The van der Waals surface area contributed by atoms with Crippen LogP contribution < -0.4 is 4.74 Å². The Morgan fingerprint density at radius 3 is 2.55 bits per heavy atom. The number of benzene rings is 2. The molecular formula is C23H23ClN2O4S. The Hall–Kier alpha value is -2.77. The molecule has 31 heavy (non-hydrogen) atoms. The number of hydrogen-bond acceptors (Lipinski definition) is 5. The molecule has 0 spiro atoms. The number of carbonyl (C=O) groups excluding carboxylic acids is 1. The molecule has 1 aliphatic heterocycles. The molecule has 6 nitrogen and oxygen atoms in total. The molecule has 0 saturated carbocycles. The van der Waals surface area contributed by atoms with Gasteiger partial charge in [-0.2, -0.15) is 0 Å². The van der Waals surface area contributed by atoms with Crippen LogP contribution in [0.5, 0.6) is 5.75 Å². The summed E-state index contributed by atoms with van der Waals surface area (Å²) in [6.07, 6.45) is 2.72. The second kappa shape index (κ2) is 10.0. The molecule has 0 aliphatic carbocycles. The standard InChI is InChI=1S/C23H23ClN2O4S/c1-4-14(3)30-19-11-6-15(12-18(19)24)13-20-21(27)26(5-2)23(31-20)25-17-9-7-16(8-10-17)22(28)29/h6-14H,4-5H2,1-3H3,(H,28,29)/b20-13-,25-23?/t14-/m1/s1. The first-order valence-electron chi connectivity index (χ1n) is 9.92. The smallest absolute Gasteiger partial charge is 0.335 e. The zero-order valence-corrected chi connectivity index (χ0v) is 19.0. The normalized spacial score (nSPS) is 17.4. The Labute approximate surface area is 190 Å². The summed E-state index contributed by atoms with van der Waals surface area (Å²) in [6, 6.07) is 11.7. The first kappa shape index (κ1) is 22.9. The molecule has 162 valence electrons. The molecule has 2 aromatic rings. The quantitative estimate of drug-likeness (QED) is 0.527. The van der Waals surface area contributed by atoms with Gasteiger partial charge in [0.15, 0.2) is 5.17 Å². The third-order valence-corrected chi connectivity index (χ3v) is 6.00. The number of amides is 1. The van der Waals surface area contributed by atoms with Crippen LogP contribution in [-0.2, 0) is 4.79 Å². The summed E-state index contributed by atoms with van der Waals surface area (Å²) in [5, 5.41) is 10.1. The number of carboxylic acid groups (broad SMARTS) is 1. The number of aromatic carboxylic acids is 1. The highest BCUT2D eigenvalue weighted by Crippen LogP contribution is 2.35. The molecule has 1 saturated heterocycles. The average Bonchev–Trinajstić information content (AvgIpc) is 3.04. The van der Waals surface area contributed by atoms with Crippen LogP contribution in [0.25, 0.3) is 6.08 Å². The Morgan fingerprint density at radius 2 is 1.97 bits per heavy atom. The van der Waals surface area contributed by atoms with Crippen molar-refractivity contribution >= 4 is 52.2 Å². The number of thioether (sulfide) groups is 1. The zero-order valence-electron chi connectivity index (χ0n) is 17.5. The predicted molar refractivity (Wildman–Crippen MR) is 125 cm³/mol. The van der Waals surface area contributed by atoms with E-state index in [2.05, 4.69) is 4.99 Å². The summed E-state index contributed by atoms with van der Waals surface area (Å²) in [5.74, 6) is -0.514. The predicted octanol–water partition coefficient (Wildman–Crippen LogP) is 5.84. The maximum atomic E-state index is 12.8. The van der Waals surface area contributed by atoms with E-state index >= 15 is 0 Å². The van der Waals surface area contributed by atoms with E-state index in [1.807, 2.05) is 32.9 Å². The van der Waals surface area contributed by atoms with Crippen molar-refractivity contribution in [3.05, 3.63) is 63.5 Å². The second-order valence-corrected chi connectivity index (χ2v) is 8.35. The van der Waals surface area contributed by atoms with Gasteiger partial charge in [0, 0.05) is 6.54 Å². The van der Waals surface area contributed by atoms with Crippen molar-refractivity contribution in [3.8, 4) is 5.75 Å². The molecule has 0 bridgehead atoms. The molecule has 1 amide bonds. The van der Waals surface area contributed by atoms with Gasteiger partial charge in [-0.05, 0) is 80.1 Å². The van der Waals surface area contributed by atoms with Crippen molar-refractivity contribution in [3.63, 3.8) is 0 Å². The molecule has 1 N–H and O–H groups in total. The topological polar surface area (TPSA) is 79.2 Å². The molecule has 1 heterocycles. The number of carbonyl (C=O) groups is 2. The molecule has 0 unspecified atom stereocenters. The Kier molecular flexibility index (Phi) is 7.41. The fourth-order valence-electron chi connectivity index (χ4n) is 2.81. The van der Waals surface area contributed by atoms with Crippen molar-refractivity contribution in [1.82, 2.24) is 4.90 Å². The highest BCUT2D eigenvalue weighted by molar-refractivity contribution is 8.18. The summed E-state index contributed by atoms with van der Waals surface area (Å²) in [7, 11) is 0. The lowest BCUT2D eigenvalue weighted by molar-refractivity contribution is -0.122. The maximum Gasteiger partial charge on any atom is 0.335 e. The number of hydrogen-bond donors (Lipinski definition) is 1. The zero-order chi connectivity index (χ0) is 22.5. The summed E-state index contributed by atoms with van der Waals surface area (Å²) in [5.41, 5.74) is 1.56. The number of likely N-dealkylation sites (N-methyl/N-ethyl adjacent to an activating group) is 1. The molecule has 0 radical (unpaired) electrons. The van der Waals surface area contributed by atoms with Crippen LogP contribution in [0, 0.1) is 0 Å². The first-order valence-corrected chi connectivity index (χ1v) is 11.1. The van der Waals surface area contributed by atoms with Crippen LogP contribution >= 0.6 is 23.4 Å². The minimum Gasteiger partial charge on any atom is -0.489 e. The van der Waals surface area contributed by atoms with E-state index in [0.29, 0.717) is 33.1 Å². The van der Waals surface area contributed by atoms with E-state index in [4.69, 9.17) is 21.4 Å². The third-order valence-electron chi connectivity index (χ3n) is 4.70. The van der Waals surface area contributed by atoms with Gasteiger partial charge in [0.05, 0.1) is 27.3 Å². The van der Waals surface area contributed by atoms with Gasteiger partial charge in [-0.1, -0.05) is 24.6 Å². The van der Waals surface area contributed by atoms with Gasteiger partial charge in [0.2, 0.25) is 0 Å². The third kappa shape index (κ3) is 5.48. The van der Waals surface area contributed by atoms with Crippen LogP contribution in [-0.4, -0.2) is 39.7 Å². The number of halogens is 1. The van der Waals surface area contributed by atoms with Crippen LogP contribution in [0.4, 0.5) is 5.69 Å². The largest absolute Gasteiger partial charge is 0.489 e. The van der Waals surface area contributed by atoms with E-state index in [1.54, 1.807) is 29.2 Å². The minimum atomic E-state index is -0.996. The van der Waals surface area contributed by atoms with Crippen molar-refractivity contribution in [2.75, 3.05) is 6.54 Å². The van der Waals surface area contributed by atoms with Crippen molar-refractivity contribution in [2.24, 2.45) is 4.99 Å². The van der Waals surface area contributed by atoms with Crippen molar-refractivity contribution < 1.29 is 19.4 Å². The van der Waals surface area contributed by atoms with Crippen LogP contribution in [0.2, 0.25) is 5.02 Å². The van der Waals surface area contributed by atoms with Gasteiger partial charge < -0.3 is 9.84 Å². The molecule has 0 aromatic heterocycles. The van der Waals surface area contributed by atoms with E-state index < -0.39 is 5.97 Å². The highest BCUT2D eigenvalue weighted by Gasteiger charge is 2.32. The number of ether oxygens (including phenoxy) is 1.